The van der Waals surface area contributed by atoms with Crippen molar-refractivity contribution in [1.29, 1.82) is 0 Å². The highest BCUT2D eigenvalue weighted by Crippen LogP contribution is 2.18. The monoisotopic (exact) mass is 403 g/mol. The molecule has 1 aliphatic rings. The number of carbonyl (C=O) groups is 2. The standard InChI is InChI=1S/C23H25N5O2/c24-22(29)21-15-20(26-28(21)19-10-3-1-4-11-19)23(30)25-18-9-7-8-17(14-18)16-27-12-5-2-6-13-27/h1,3-4,7-11,14-15H,2,5-6,12-13,16H2,(H2,24,29)(H,25,30). The second-order valence-electron chi connectivity index (χ2n) is 7.52. The fourth-order valence-electron chi connectivity index (χ4n) is 3.75. The quantitative estimate of drug-likeness (QED) is 0.661. The minimum Gasteiger partial charge on any atom is -0.364 e. The van der Waals surface area contributed by atoms with Crippen molar-refractivity contribution >= 4 is 17.5 Å². The molecule has 2 amide bonds. The van der Waals surface area contributed by atoms with Gasteiger partial charge in [-0.2, -0.15) is 5.10 Å². The molecule has 1 aromatic heterocycles. The predicted octanol–water partition coefficient (Wildman–Crippen LogP) is 3.21. The minimum absolute atomic E-state index is 0.133. The van der Waals surface area contributed by atoms with Crippen molar-refractivity contribution in [3.8, 4) is 5.69 Å². The number of piperidine rings is 1. The van der Waals surface area contributed by atoms with E-state index in [0.29, 0.717) is 11.4 Å². The summed E-state index contributed by atoms with van der Waals surface area (Å²) in [6, 6.07) is 18.4. The zero-order valence-corrected chi connectivity index (χ0v) is 16.8. The molecule has 30 heavy (non-hydrogen) atoms. The number of nitrogens with zero attached hydrogens (tertiary/aromatic N) is 3. The van der Waals surface area contributed by atoms with Gasteiger partial charge in [-0.3, -0.25) is 14.5 Å². The molecule has 7 nitrogen and oxygen atoms in total. The Morgan fingerprint density at radius 1 is 0.967 bits per heavy atom. The molecule has 0 radical (unpaired) electrons. The van der Waals surface area contributed by atoms with Gasteiger partial charge in [-0.1, -0.05) is 36.8 Å². The molecule has 2 heterocycles. The number of nitrogens with one attached hydrogen (secondary N) is 1. The molecule has 0 aliphatic carbocycles. The van der Waals surface area contributed by atoms with E-state index in [0.717, 1.165) is 25.2 Å². The third kappa shape index (κ3) is 4.58. The van der Waals surface area contributed by atoms with E-state index in [-0.39, 0.29) is 17.3 Å². The molecule has 7 heteroatoms. The van der Waals surface area contributed by atoms with E-state index in [1.54, 1.807) is 12.1 Å². The smallest absolute Gasteiger partial charge is 0.276 e. The van der Waals surface area contributed by atoms with Crippen LogP contribution in [0.15, 0.2) is 60.7 Å². The zero-order valence-electron chi connectivity index (χ0n) is 16.8. The van der Waals surface area contributed by atoms with E-state index in [1.807, 2.05) is 36.4 Å². The number of rotatable bonds is 6. The van der Waals surface area contributed by atoms with Gasteiger partial charge < -0.3 is 11.1 Å². The fourth-order valence-corrected chi connectivity index (χ4v) is 3.75. The molecule has 3 aromatic rings. The lowest BCUT2D eigenvalue weighted by atomic mass is 10.1. The second kappa shape index (κ2) is 8.92. The summed E-state index contributed by atoms with van der Waals surface area (Å²) in [4.78, 5) is 27.1. The first-order valence-corrected chi connectivity index (χ1v) is 10.2. The summed E-state index contributed by atoms with van der Waals surface area (Å²) in [5.41, 5.74) is 8.30. The van der Waals surface area contributed by atoms with Gasteiger partial charge in [0.2, 0.25) is 0 Å². The number of para-hydroxylation sites is 1. The number of hydrogen-bond donors (Lipinski definition) is 2. The van der Waals surface area contributed by atoms with Crippen LogP contribution in [-0.4, -0.2) is 39.6 Å². The maximum Gasteiger partial charge on any atom is 0.276 e. The van der Waals surface area contributed by atoms with Gasteiger partial charge in [0.05, 0.1) is 5.69 Å². The summed E-state index contributed by atoms with van der Waals surface area (Å²) < 4.78 is 1.39. The molecule has 1 saturated heterocycles. The van der Waals surface area contributed by atoms with Crippen molar-refractivity contribution in [2.24, 2.45) is 5.73 Å². The van der Waals surface area contributed by atoms with Crippen molar-refractivity contribution in [2.75, 3.05) is 18.4 Å². The fraction of sp³-hybridized carbons (Fsp3) is 0.261. The van der Waals surface area contributed by atoms with Gasteiger partial charge in [-0.25, -0.2) is 4.68 Å². The molecule has 2 aromatic carbocycles. The maximum atomic E-state index is 12.8. The van der Waals surface area contributed by atoms with Crippen LogP contribution in [0.1, 0.15) is 45.8 Å². The maximum absolute atomic E-state index is 12.8. The molecule has 0 spiro atoms. The number of likely N-dealkylation sites (tertiary alicyclic amines) is 1. The molecule has 0 bridgehead atoms. The van der Waals surface area contributed by atoms with Crippen molar-refractivity contribution in [3.63, 3.8) is 0 Å². The number of aromatic nitrogens is 2. The van der Waals surface area contributed by atoms with E-state index in [2.05, 4.69) is 21.4 Å². The normalized spacial score (nSPS) is 14.4. The molecular weight excluding hydrogens is 378 g/mol. The highest BCUT2D eigenvalue weighted by atomic mass is 16.2. The van der Waals surface area contributed by atoms with Crippen molar-refractivity contribution in [3.05, 3.63) is 77.6 Å². The summed E-state index contributed by atoms with van der Waals surface area (Å²) >= 11 is 0. The average molecular weight is 403 g/mol. The Morgan fingerprint density at radius 3 is 2.47 bits per heavy atom. The highest BCUT2D eigenvalue weighted by Gasteiger charge is 2.19. The lowest BCUT2D eigenvalue weighted by molar-refractivity contribution is 0.0991. The SMILES string of the molecule is NC(=O)c1cc(C(=O)Nc2cccc(CN3CCCCC3)c2)nn1-c1ccccc1. The molecule has 0 unspecified atom stereocenters. The summed E-state index contributed by atoms with van der Waals surface area (Å²) in [5, 5.41) is 7.19. The van der Waals surface area contributed by atoms with E-state index in [4.69, 9.17) is 5.73 Å². The summed E-state index contributed by atoms with van der Waals surface area (Å²) in [6.45, 7) is 3.10. The Labute approximate surface area is 175 Å². The highest BCUT2D eigenvalue weighted by molar-refractivity contribution is 6.04. The van der Waals surface area contributed by atoms with Crippen LogP contribution in [0.25, 0.3) is 5.69 Å². The van der Waals surface area contributed by atoms with Gasteiger partial charge in [0.1, 0.15) is 5.69 Å². The van der Waals surface area contributed by atoms with Gasteiger partial charge in [0.15, 0.2) is 5.69 Å². The van der Waals surface area contributed by atoms with Crippen LogP contribution in [0.4, 0.5) is 5.69 Å². The zero-order chi connectivity index (χ0) is 20.9. The van der Waals surface area contributed by atoms with Crippen LogP contribution >= 0.6 is 0 Å². The average Bonchev–Trinajstić information content (AvgIpc) is 3.22. The van der Waals surface area contributed by atoms with E-state index < -0.39 is 5.91 Å². The number of nitrogens with two attached hydrogens (primary N) is 1. The van der Waals surface area contributed by atoms with Gasteiger partial charge in [-0.05, 0) is 55.8 Å². The Bertz CT molecular complexity index is 1040. The van der Waals surface area contributed by atoms with Crippen LogP contribution in [0, 0.1) is 0 Å². The van der Waals surface area contributed by atoms with Crippen molar-refractivity contribution in [2.45, 2.75) is 25.8 Å². The molecule has 1 aliphatic heterocycles. The Balaban J connectivity index is 1.51. The molecule has 1 fully saturated rings. The second-order valence-corrected chi connectivity index (χ2v) is 7.52. The van der Waals surface area contributed by atoms with Crippen LogP contribution < -0.4 is 11.1 Å². The van der Waals surface area contributed by atoms with Gasteiger partial charge in [0.25, 0.3) is 11.8 Å². The number of primary amides is 1. The van der Waals surface area contributed by atoms with Crippen LogP contribution in [0.3, 0.4) is 0 Å². The number of benzene rings is 2. The molecular formula is C23H25N5O2. The van der Waals surface area contributed by atoms with Gasteiger partial charge in [-0.15, -0.1) is 0 Å². The molecule has 0 atom stereocenters. The van der Waals surface area contributed by atoms with Crippen LogP contribution in [0.5, 0.6) is 0 Å². The minimum atomic E-state index is -0.645. The summed E-state index contributed by atoms with van der Waals surface area (Å²) in [7, 11) is 0. The van der Waals surface area contributed by atoms with Crippen molar-refractivity contribution < 1.29 is 9.59 Å². The first-order chi connectivity index (χ1) is 14.6. The molecule has 154 valence electrons. The third-order valence-electron chi connectivity index (χ3n) is 5.23. The molecule has 0 saturated carbocycles. The molecule has 4 rings (SSSR count). The van der Waals surface area contributed by atoms with Crippen LogP contribution in [0.2, 0.25) is 0 Å². The summed E-state index contributed by atoms with van der Waals surface area (Å²) in [6.07, 6.45) is 3.78. The van der Waals surface area contributed by atoms with E-state index >= 15 is 0 Å². The van der Waals surface area contributed by atoms with Crippen LogP contribution in [-0.2, 0) is 6.54 Å². The van der Waals surface area contributed by atoms with E-state index in [1.165, 1.54) is 30.0 Å². The number of carbonyl (C=O) groups excluding carboxylic acids is 2. The largest absolute Gasteiger partial charge is 0.364 e. The topological polar surface area (TPSA) is 93.2 Å². The number of anilines is 1. The van der Waals surface area contributed by atoms with E-state index in [9.17, 15) is 9.59 Å². The Kier molecular flexibility index (Phi) is 5.90. The lowest BCUT2D eigenvalue weighted by Crippen LogP contribution is -2.29. The predicted molar refractivity (Wildman–Crippen MR) is 116 cm³/mol. The third-order valence-corrected chi connectivity index (χ3v) is 5.23. The Morgan fingerprint density at radius 2 is 1.73 bits per heavy atom. The lowest BCUT2D eigenvalue weighted by Gasteiger charge is -2.26. The first-order valence-electron chi connectivity index (χ1n) is 10.2. The first kappa shape index (κ1) is 19.8. The van der Waals surface area contributed by atoms with Crippen molar-refractivity contribution in [1.82, 2.24) is 14.7 Å². The van der Waals surface area contributed by atoms with Gasteiger partial charge >= 0.3 is 0 Å². The Hall–Kier alpha value is -3.45. The number of amides is 2. The number of hydrogen-bond acceptors (Lipinski definition) is 4. The van der Waals surface area contributed by atoms with Gasteiger partial charge in [0, 0.05) is 18.3 Å². The summed E-state index contributed by atoms with van der Waals surface area (Å²) in [5.74, 6) is -1.03. The molecule has 3 N–H and O–H groups in total.